The first-order valence-corrected chi connectivity index (χ1v) is 10.7. The fraction of sp³-hybridized carbons (Fsp3) is 0.120. The summed E-state index contributed by atoms with van der Waals surface area (Å²) in [5.74, 6) is 0.314. The number of nitrogens with zero attached hydrogens (tertiary/aromatic N) is 2. The van der Waals surface area contributed by atoms with Crippen LogP contribution in [-0.2, 0) is 16.1 Å². The van der Waals surface area contributed by atoms with Crippen LogP contribution in [0.25, 0.3) is 6.08 Å². The second-order valence-electron chi connectivity index (χ2n) is 7.18. The quantitative estimate of drug-likeness (QED) is 0.181. The summed E-state index contributed by atoms with van der Waals surface area (Å²) in [6, 6.07) is 18.5. The standard InChI is InChI=1S/C25H19ClN2O6/c1-2-32-22-14-17(13-21-25(29)34-24(27-21)18-8-4-3-5-9-18)12-20(26)23(22)33-15-16-7-6-10-19(11-16)28(30)31/h3-14H,2,15H2,1H3/b21-13-. The van der Waals surface area contributed by atoms with Gasteiger partial charge in [0.15, 0.2) is 17.2 Å². The van der Waals surface area contributed by atoms with Crippen molar-refractivity contribution in [1.29, 1.82) is 0 Å². The summed E-state index contributed by atoms with van der Waals surface area (Å²) in [5, 5.41) is 11.3. The van der Waals surface area contributed by atoms with Crippen LogP contribution in [-0.4, -0.2) is 23.4 Å². The maximum Gasteiger partial charge on any atom is 0.363 e. The number of hydrogen-bond acceptors (Lipinski definition) is 7. The summed E-state index contributed by atoms with van der Waals surface area (Å²) in [6.07, 6.45) is 1.55. The van der Waals surface area contributed by atoms with Gasteiger partial charge in [0.05, 0.1) is 16.6 Å². The van der Waals surface area contributed by atoms with Crippen LogP contribution in [0.2, 0.25) is 5.02 Å². The minimum atomic E-state index is -0.570. The molecule has 0 fully saturated rings. The summed E-state index contributed by atoms with van der Waals surface area (Å²) in [4.78, 5) is 27.1. The monoisotopic (exact) mass is 478 g/mol. The van der Waals surface area contributed by atoms with Gasteiger partial charge in [-0.25, -0.2) is 9.79 Å². The Labute approximate surface area is 200 Å². The smallest absolute Gasteiger partial charge is 0.363 e. The van der Waals surface area contributed by atoms with Crippen molar-refractivity contribution in [2.45, 2.75) is 13.5 Å². The molecule has 3 aromatic carbocycles. The molecule has 1 aliphatic rings. The van der Waals surface area contributed by atoms with Gasteiger partial charge in [-0.3, -0.25) is 10.1 Å². The fourth-order valence-corrected chi connectivity index (χ4v) is 3.53. The predicted molar refractivity (Wildman–Crippen MR) is 127 cm³/mol. The van der Waals surface area contributed by atoms with Crippen molar-refractivity contribution in [1.82, 2.24) is 0 Å². The van der Waals surface area contributed by atoms with E-state index in [1.807, 2.05) is 25.1 Å². The third-order valence-electron chi connectivity index (χ3n) is 4.78. The van der Waals surface area contributed by atoms with Crippen molar-refractivity contribution < 1.29 is 23.9 Å². The van der Waals surface area contributed by atoms with Crippen molar-refractivity contribution in [3.63, 3.8) is 0 Å². The van der Waals surface area contributed by atoms with E-state index in [2.05, 4.69) is 4.99 Å². The minimum Gasteiger partial charge on any atom is -0.490 e. The van der Waals surface area contributed by atoms with Gasteiger partial charge in [-0.1, -0.05) is 41.9 Å². The first kappa shape index (κ1) is 23.0. The Morgan fingerprint density at radius 3 is 2.62 bits per heavy atom. The zero-order valence-electron chi connectivity index (χ0n) is 18.1. The number of halogens is 1. The maximum atomic E-state index is 12.3. The molecule has 34 heavy (non-hydrogen) atoms. The van der Waals surface area contributed by atoms with Crippen molar-refractivity contribution in [2.75, 3.05) is 6.61 Å². The Kier molecular flexibility index (Phi) is 6.89. The molecule has 0 N–H and O–H groups in total. The number of aliphatic imine (C=N–C) groups is 1. The van der Waals surface area contributed by atoms with E-state index in [0.29, 0.717) is 34.8 Å². The van der Waals surface area contributed by atoms with E-state index >= 15 is 0 Å². The molecule has 0 amide bonds. The lowest BCUT2D eigenvalue weighted by Crippen LogP contribution is -2.05. The van der Waals surface area contributed by atoms with Crippen molar-refractivity contribution in [3.05, 3.63) is 104 Å². The molecule has 0 aromatic heterocycles. The number of esters is 1. The van der Waals surface area contributed by atoms with Gasteiger partial charge in [0.25, 0.3) is 5.69 Å². The third kappa shape index (κ3) is 5.24. The van der Waals surface area contributed by atoms with Crippen LogP contribution < -0.4 is 9.47 Å². The molecule has 1 heterocycles. The molecule has 0 radical (unpaired) electrons. The zero-order chi connectivity index (χ0) is 24.1. The molecule has 0 saturated heterocycles. The molecule has 9 heteroatoms. The Morgan fingerprint density at radius 2 is 1.88 bits per heavy atom. The van der Waals surface area contributed by atoms with Gasteiger partial charge >= 0.3 is 5.97 Å². The number of benzene rings is 3. The van der Waals surface area contributed by atoms with Gasteiger partial charge in [-0.2, -0.15) is 0 Å². The number of nitro benzene ring substituents is 1. The Morgan fingerprint density at radius 1 is 1.09 bits per heavy atom. The second kappa shape index (κ2) is 10.2. The second-order valence-corrected chi connectivity index (χ2v) is 7.59. The molecule has 8 nitrogen and oxygen atoms in total. The van der Waals surface area contributed by atoms with E-state index in [-0.39, 0.29) is 28.9 Å². The summed E-state index contributed by atoms with van der Waals surface area (Å²) < 4.78 is 16.8. The molecule has 1 aliphatic heterocycles. The summed E-state index contributed by atoms with van der Waals surface area (Å²) in [7, 11) is 0. The first-order chi connectivity index (χ1) is 16.4. The van der Waals surface area contributed by atoms with E-state index in [9.17, 15) is 14.9 Å². The van der Waals surface area contributed by atoms with Crippen LogP contribution in [0.3, 0.4) is 0 Å². The van der Waals surface area contributed by atoms with Crippen LogP contribution in [0, 0.1) is 10.1 Å². The molecule has 0 unspecified atom stereocenters. The van der Waals surface area contributed by atoms with E-state index in [1.54, 1.807) is 42.5 Å². The lowest BCUT2D eigenvalue weighted by Gasteiger charge is -2.14. The number of rotatable bonds is 8. The summed E-state index contributed by atoms with van der Waals surface area (Å²) in [6.45, 7) is 2.22. The maximum absolute atomic E-state index is 12.3. The SMILES string of the molecule is CCOc1cc(/C=C2\N=C(c3ccccc3)OC2=O)cc(Cl)c1OCc1cccc([N+](=O)[O-])c1. The average Bonchev–Trinajstić information content (AvgIpc) is 3.19. The van der Waals surface area contributed by atoms with Gasteiger partial charge in [-0.15, -0.1) is 0 Å². The summed E-state index contributed by atoms with van der Waals surface area (Å²) >= 11 is 6.47. The van der Waals surface area contributed by atoms with Gasteiger partial charge in [-0.05, 0) is 48.4 Å². The number of nitro groups is 1. The largest absolute Gasteiger partial charge is 0.490 e. The molecule has 0 spiro atoms. The third-order valence-corrected chi connectivity index (χ3v) is 5.06. The highest BCUT2D eigenvalue weighted by Crippen LogP contribution is 2.38. The molecular formula is C25H19ClN2O6. The number of non-ortho nitro benzene ring substituents is 1. The molecule has 4 rings (SSSR count). The molecule has 0 aliphatic carbocycles. The lowest BCUT2D eigenvalue weighted by molar-refractivity contribution is -0.384. The van der Waals surface area contributed by atoms with Crippen LogP contribution in [0.1, 0.15) is 23.6 Å². The van der Waals surface area contributed by atoms with Crippen LogP contribution in [0.4, 0.5) is 5.69 Å². The number of carbonyl (C=O) groups is 1. The normalized spacial score (nSPS) is 14.0. The van der Waals surface area contributed by atoms with Crippen LogP contribution in [0.15, 0.2) is 77.4 Å². The highest BCUT2D eigenvalue weighted by molar-refractivity contribution is 6.32. The zero-order valence-corrected chi connectivity index (χ0v) is 18.8. The van der Waals surface area contributed by atoms with E-state index in [4.69, 9.17) is 25.8 Å². The number of hydrogen-bond donors (Lipinski definition) is 0. The molecule has 0 bridgehead atoms. The lowest BCUT2D eigenvalue weighted by atomic mass is 10.1. The van der Waals surface area contributed by atoms with Gasteiger partial charge < -0.3 is 14.2 Å². The molecule has 0 atom stereocenters. The molecular weight excluding hydrogens is 460 g/mol. The minimum absolute atomic E-state index is 0.0296. The van der Waals surface area contributed by atoms with Crippen molar-refractivity contribution in [3.8, 4) is 11.5 Å². The van der Waals surface area contributed by atoms with Gasteiger partial charge in [0.1, 0.15) is 6.61 Å². The molecule has 3 aromatic rings. The fourth-order valence-electron chi connectivity index (χ4n) is 3.26. The topological polar surface area (TPSA) is 100 Å². The molecule has 172 valence electrons. The Bertz CT molecular complexity index is 1300. The van der Waals surface area contributed by atoms with Crippen molar-refractivity contribution in [2.24, 2.45) is 4.99 Å². The van der Waals surface area contributed by atoms with Crippen molar-refractivity contribution >= 4 is 35.2 Å². The highest BCUT2D eigenvalue weighted by atomic mass is 35.5. The highest BCUT2D eigenvalue weighted by Gasteiger charge is 2.24. The number of cyclic esters (lactones) is 1. The van der Waals surface area contributed by atoms with E-state index in [0.717, 1.165) is 0 Å². The van der Waals surface area contributed by atoms with Crippen LogP contribution in [0.5, 0.6) is 11.5 Å². The van der Waals surface area contributed by atoms with Gasteiger partial charge in [0.2, 0.25) is 5.90 Å². The van der Waals surface area contributed by atoms with Gasteiger partial charge in [0, 0.05) is 17.7 Å². The average molecular weight is 479 g/mol. The van der Waals surface area contributed by atoms with E-state index < -0.39 is 10.9 Å². The Hall–Kier alpha value is -4.17. The number of ether oxygens (including phenoxy) is 3. The van der Waals surface area contributed by atoms with Crippen LogP contribution >= 0.6 is 11.6 Å². The Balaban J connectivity index is 1.60. The van der Waals surface area contributed by atoms with E-state index in [1.165, 1.54) is 12.1 Å². The number of carbonyl (C=O) groups excluding carboxylic acids is 1. The predicted octanol–water partition coefficient (Wildman–Crippen LogP) is 5.57. The summed E-state index contributed by atoms with van der Waals surface area (Å²) in [5.41, 5.74) is 1.97. The molecule has 0 saturated carbocycles. The first-order valence-electron chi connectivity index (χ1n) is 10.3.